The van der Waals surface area contributed by atoms with Crippen LogP contribution in [0.15, 0.2) is 53.1 Å². The number of aryl methyl sites for hydroxylation is 2. The Kier molecular flexibility index (Phi) is 4.33. The van der Waals surface area contributed by atoms with Crippen molar-refractivity contribution in [1.82, 2.24) is 5.16 Å². The molecule has 0 unspecified atom stereocenters. The quantitative estimate of drug-likeness (QED) is 0.778. The van der Waals surface area contributed by atoms with Gasteiger partial charge in [0.05, 0.1) is 0 Å². The first-order chi connectivity index (χ1) is 11.5. The van der Waals surface area contributed by atoms with Gasteiger partial charge in [-0.15, -0.1) is 0 Å². The van der Waals surface area contributed by atoms with Gasteiger partial charge < -0.3 is 15.0 Å². The van der Waals surface area contributed by atoms with Gasteiger partial charge in [0, 0.05) is 11.6 Å². The van der Waals surface area contributed by atoms with Crippen LogP contribution >= 0.6 is 0 Å². The van der Waals surface area contributed by atoms with E-state index < -0.39 is 5.91 Å². The molecule has 5 nitrogen and oxygen atoms in total. The van der Waals surface area contributed by atoms with Gasteiger partial charge in [0.1, 0.15) is 18.1 Å². The predicted octanol–water partition coefficient (Wildman–Crippen LogP) is 3.64. The van der Waals surface area contributed by atoms with Gasteiger partial charge in [-0.25, -0.2) is 0 Å². The first-order valence-electron chi connectivity index (χ1n) is 7.59. The number of amides is 1. The van der Waals surface area contributed by atoms with Crippen LogP contribution in [0, 0.1) is 13.8 Å². The second kappa shape index (κ2) is 6.58. The molecule has 0 bridgehead atoms. The third-order valence-corrected chi connectivity index (χ3v) is 3.79. The summed E-state index contributed by atoms with van der Waals surface area (Å²) in [5.41, 5.74) is 9.86. The zero-order valence-electron chi connectivity index (χ0n) is 13.6. The van der Waals surface area contributed by atoms with E-state index in [0.717, 1.165) is 28.0 Å². The van der Waals surface area contributed by atoms with E-state index in [1.54, 1.807) is 0 Å². The Labute approximate surface area is 140 Å². The summed E-state index contributed by atoms with van der Waals surface area (Å²) in [6, 6.07) is 15.4. The number of ether oxygens (including phenoxy) is 1. The van der Waals surface area contributed by atoms with Crippen molar-refractivity contribution in [3.63, 3.8) is 0 Å². The molecule has 5 heteroatoms. The van der Waals surface area contributed by atoms with Crippen LogP contribution in [0.1, 0.15) is 27.2 Å². The van der Waals surface area contributed by atoms with Crippen LogP contribution in [0.25, 0.3) is 11.3 Å². The molecule has 0 aliphatic rings. The van der Waals surface area contributed by atoms with E-state index in [-0.39, 0.29) is 5.76 Å². The fourth-order valence-electron chi connectivity index (χ4n) is 2.48. The molecule has 0 spiro atoms. The van der Waals surface area contributed by atoms with Gasteiger partial charge in [-0.05, 0) is 30.5 Å². The van der Waals surface area contributed by atoms with Crippen LogP contribution in [0.3, 0.4) is 0 Å². The standard InChI is InChI=1S/C19H18N2O3/c1-12-4-3-5-13(2)18(12)23-11-14-6-8-15(9-7-14)16-10-17(19(20)22)24-21-16/h3-10H,11H2,1-2H3,(H2,20,22). The molecule has 3 aromatic rings. The molecule has 0 radical (unpaired) electrons. The predicted molar refractivity (Wildman–Crippen MR) is 90.7 cm³/mol. The summed E-state index contributed by atoms with van der Waals surface area (Å²) >= 11 is 0. The molecule has 3 rings (SSSR count). The Morgan fingerprint density at radius 1 is 1.12 bits per heavy atom. The lowest BCUT2D eigenvalue weighted by molar-refractivity contribution is 0.0965. The van der Waals surface area contributed by atoms with Crippen molar-refractivity contribution in [2.75, 3.05) is 0 Å². The molecule has 2 N–H and O–H groups in total. The number of nitrogens with zero attached hydrogens (tertiary/aromatic N) is 1. The fourth-order valence-corrected chi connectivity index (χ4v) is 2.48. The van der Waals surface area contributed by atoms with Gasteiger partial charge in [0.2, 0.25) is 5.76 Å². The summed E-state index contributed by atoms with van der Waals surface area (Å²) in [5.74, 6) is 0.337. The largest absolute Gasteiger partial charge is 0.488 e. The highest BCUT2D eigenvalue weighted by molar-refractivity contribution is 5.90. The van der Waals surface area contributed by atoms with E-state index in [1.165, 1.54) is 6.07 Å². The molecule has 24 heavy (non-hydrogen) atoms. The number of carbonyl (C=O) groups is 1. The van der Waals surface area contributed by atoms with Gasteiger partial charge in [0.25, 0.3) is 5.91 Å². The summed E-state index contributed by atoms with van der Waals surface area (Å²) in [6.45, 7) is 4.55. The minimum absolute atomic E-state index is 0.0486. The normalized spacial score (nSPS) is 10.6. The maximum atomic E-state index is 11.0. The molecule has 0 aliphatic carbocycles. The maximum absolute atomic E-state index is 11.0. The van der Waals surface area contributed by atoms with E-state index in [4.69, 9.17) is 15.0 Å². The van der Waals surface area contributed by atoms with E-state index in [1.807, 2.05) is 56.3 Å². The SMILES string of the molecule is Cc1cccc(C)c1OCc1ccc(-c2cc(C(N)=O)on2)cc1. The van der Waals surface area contributed by atoms with Crippen molar-refractivity contribution in [3.8, 4) is 17.0 Å². The molecule has 122 valence electrons. The Morgan fingerprint density at radius 3 is 2.38 bits per heavy atom. The number of hydrogen-bond donors (Lipinski definition) is 1. The van der Waals surface area contributed by atoms with E-state index >= 15 is 0 Å². The Hall–Kier alpha value is -3.08. The van der Waals surface area contributed by atoms with Crippen LogP contribution in [0.5, 0.6) is 5.75 Å². The third-order valence-electron chi connectivity index (χ3n) is 3.79. The van der Waals surface area contributed by atoms with Crippen LogP contribution in [-0.2, 0) is 6.61 Å². The third kappa shape index (κ3) is 3.30. The number of aromatic nitrogens is 1. The van der Waals surface area contributed by atoms with Crippen molar-refractivity contribution < 1.29 is 14.1 Å². The van der Waals surface area contributed by atoms with Crippen LogP contribution in [0.4, 0.5) is 0 Å². The van der Waals surface area contributed by atoms with Crippen LogP contribution in [0.2, 0.25) is 0 Å². The van der Waals surface area contributed by atoms with E-state index in [9.17, 15) is 4.79 Å². The number of rotatable bonds is 5. The van der Waals surface area contributed by atoms with Gasteiger partial charge >= 0.3 is 0 Å². The van der Waals surface area contributed by atoms with Crippen molar-refractivity contribution in [3.05, 3.63) is 71.0 Å². The van der Waals surface area contributed by atoms with Crippen LogP contribution < -0.4 is 10.5 Å². The minimum Gasteiger partial charge on any atom is -0.488 e. The van der Waals surface area contributed by atoms with Crippen molar-refractivity contribution in [2.45, 2.75) is 20.5 Å². The van der Waals surface area contributed by atoms with E-state index in [0.29, 0.717) is 12.3 Å². The Bertz CT molecular complexity index is 846. The lowest BCUT2D eigenvalue weighted by atomic mass is 10.1. The summed E-state index contributed by atoms with van der Waals surface area (Å²) < 4.78 is 10.8. The highest BCUT2D eigenvalue weighted by atomic mass is 16.5. The smallest absolute Gasteiger partial charge is 0.287 e. The lowest BCUT2D eigenvalue weighted by Gasteiger charge is -2.12. The topological polar surface area (TPSA) is 78.4 Å². The number of primary amides is 1. The molecule has 1 aromatic heterocycles. The first kappa shape index (κ1) is 15.8. The van der Waals surface area contributed by atoms with Crippen molar-refractivity contribution >= 4 is 5.91 Å². The molecule has 0 aliphatic heterocycles. The average molecular weight is 322 g/mol. The molecule has 0 saturated carbocycles. The molecule has 2 aromatic carbocycles. The molecule has 0 fully saturated rings. The van der Waals surface area contributed by atoms with Crippen LogP contribution in [-0.4, -0.2) is 11.1 Å². The van der Waals surface area contributed by atoms with E-state index in [2.05, 4.69) is 5.16 Å². The summed E-state index contributed by atoms with van der Waals surface area (Å²) in [7, 11) is 0. The maximum Gasteiger partial charge on any atom is 0.287 e. The summed E-state index contributed by atoms with van der Waals surface area (Å²) in [6.07, 6.45) is 0. The monoisotopic (exact) mass is 322 g/mol. The second-order valence-electron chi connectivity index (χ2n) is 5.65. The lowest BCUT2D eigenvalue weighted by Crippen LogP contribution is -2.09. The highest BCUT2D eigenvalue weighted by Crippen LogP contribution is 2.24. The molecule has 1 amide bonds. The molecular formula is C19H18N2O3. The molecule has 0 saturated heterocycles. The number of para-hydroxylation sites is 1. The minimum atomic E-state index is -0.632. The Balaban J connectivity index is 1.71. The number of nitrogens with two attached hydrogens (primary N) is 1. The van der Waals surface area contributed by atoms with Gasteiger partial charge in [-0.1, -0.05) is 47.6 Å². The second-order valence-corrected chi connectivity index (χ2v) is 5.65. The highest BCUT2D eigenvalue weighted by Gasteiger charge is 2.11. The Morgan fingerprint density at radius 2 is 1.79 bits per heavy atom. The van der Waals surface area contributed by atoms with Gasteiger partial charge in [0.15, 0.2) is 0 Å². The zero-order chi connectivity index (χ0) is 17.1. The average Bonchev–Trinajstić information content (AvgIpc) is 3.05. The molecule has 1 heterocycles. The molecular weight excluding hydrogens is 304 g/mol. The van der Waals surface area contributed by atoms with Gasteiger partial charge in [-0.2, -0.15) is 0 Å². The number of benzene rings is 2. The fraction of sp³-hybridized carbons (Fsp3) is 0.158. The number of hydrogen-bond acceptors (Lipinski definition) is 4. The van der Waals surface area contributed by atoms with Crippen molar-refractivity contribution in [2.24, 2.45) is 5.73 Å². The molecule has 0 atom stereocenters. The zero-order valence-corrected chi connectivity index (χ0v) is 13.6. The summed E-state index contributed by atoms with van der Waals surface area (Å²) in [4.78, 5) is 11.0. The van der Waals surface area contributed by atoms with Gasteiger partial charge in [-0.3, -0.25) is 4.79 Å². The van der Waals surface area contributed by atoms with Crippen molar-refractivity contribution in [1.29, 1.82) is 0 Å². The first-order valence-corrected chi connectivity index (χ1v) is 7.59. The summed E-state index contributed by atoms with van der Waals surface area (Å²) in [5, 5.41) is 3.85. The number of carbonyl (C=O) groups excluding carboxylic acids is 1.